The van der Waals surface area contributed by atoms with Crippen LogP contribution in [0.5, 0.6) is 0 Å². The first kappa shape index (κ1) is 19.0. The first-order valence-corrected chi connectivity index (χ1v) is 10.9. The lowest BCUT2D eigenvalue weighted by Crippen LogP contribution is -2.43. The van der Waals surface area contributed by atoms with Crippen LogP contribution in [-0.4, -0.2) is 46.6 Å². The Kier molecular flexibility index (Phi) is 5.14. The highest BCUT2D eigenvalue weighted by Gasteiger charge is 2.25. The molecule has 1 fully saturated rings. The molecule has 0 aliphatic carbocycles. The fourth-order valence-electron chi connectivity index (χ4n) is 3.57. The summed E-state index contributed by atoms with van der Waals surface area (Å²) >= 11 is 6.01. The van der Waals surface area contributed by atoms with Gasteiger partial charge in [-0.1, -0.05) is 29.8 Å². The summed E-state index contributed by atoms with van der Waals surface area (Å²) in [6.45, 7) is 3.60. The third-order valence-electron chi connectivity index (χ3n) is 4.94. The number of anilines is 2. The number of pyridine rings is 1. The van der Waals surface area contributed by atoms with Crippen LogP contribution in [0.25, 0.3) is 10.9 Å². The molecule has 8 heteroatoms. The summed E-state index contributed by atoms with van der Waals surface area (Å²) in [5.74, 6) is 0. The second-order valence-corrected chi connectivity index (χ2v) is 8.97. The molecule has 0 radical (unpaired) electrons. The van der Waals surface area contributed by atoms with Crippen molar-refractivity contribution >= 4 is 43.7 Å². The van der Waals surface area contributed by atoms with Gasteiger partial charge >= 0.3 is 0 Å². The van der Waals surface area contributed by atoms with Gasteiger partial charge in [0.2, 0.25) is 9.84 Å². The molecule has 0 saturated carbocycles. The Morgan fingerprint density at radius 3 is 2.61 bits per heavy atom. The maximum Gasteiger partial charge on any atom is 0.210 e. The lowest BCUT2D eigenvalue weighted by molar-refractivity contribution is 0.590. The number of para-hydroxylation sites is 1. The molecule has 1 saturated heterocycles. The zero-order valence-electron chi connectivity index (χ0n) is 15.4. The van der Waals surface area contributed by atoms with Gasteiger partial charge in [0.05, 0.1) is 21.8 Å². The van der Waals surface area contributed by atoms with Crippen molar-refractivity contribution in [3.63, 3.8) is 0 Å². The van der Waals surface area contributed by atoms with E-state index in [0.29, 0.717) is 10.7 Å². The molecule has 28 heavy (non-hydrogen) atoms. The quantitative estimate of drug-likeness (QED) is 0.680. The Labute approximate surface area is 169 Å². The van der Waals surface area contributed by atoms with Gasteiger partial charge in [0.1, 0.15) is 4.90 Å². The van der Waals surface area contributed by atoms with E-state index >= 15 is 0 Å². The van der Waals surface area contributed by atoms with Gasteiger partial charge in [-0.25, -0.2) is 8.42 Å². The van der Waals surface area contributed by atoms with Crippen LogP contribution in [0, 0.1) is 0 Å². The molecule has 0 amide bonds. The molecule has 0 unspecified atom stereocenters. The summed E-state index contributed by atoms with van der Waals surface area (Å²) in [6.07, 6.45) is 1.44. The Morgan fingerprint density at radius 2 is 1.89 bits per heavy atom. The normalized spacial score (nSPS) is 15.0. The molecule has 6 nitrogen and oxygen atoms in total. The Hall–Kier alpha value is -2.35. The van der Waals surface area contributed by atoms with Crippen molar-refractivity contribution < 1.29 is 8.42 Å². The minimum Gasteiger partial charge on any atom is -0.386 e. The van der Waals surface area contributed by atoms with E-state index < -0.39 is 9.84 Å². The summed E-state index contributed by atoms with van der Waals surface area (Å²) in [5, 5.41) is 7.57. The number of rotatable bonds is 4. The van der Waals surface area contributed by atoms with Crippen LogP contribution in [0.15, 0.2) is 58.5 Å². The molecule has 146 valence electrons. The van der Waals surface area contributed by atoms with Gasteiger partial charge in [0, 0.05) is 49.8 Å². The van der Waals surface area contributed by atoms with Crippen molar-refractivity contribution in [3.05, 3.63) is 53.7 Å². The molecule has 1 aliphatic rings. The van der Waals surface area contributed by atoms with Crippen LogP contribution < -0.4 is 15.5 Å². The molecule has 0 bridgehead atoms. The Bertz CT molecular complexity index is 1130. The van der Waals surface area contributed by atoms with Gasteiger partial charge in [-0.2, -0.15) is 0 Å². The second-order valence-electron chi connectivity index (χ2n) is 6.62. The summed E-state index contributed by atoms with van der Waals surface area (Å²) < 4.78 is 26.5. The largest absolute Gasteiger partial charge is 0.386 e. The van der Waals surface area contributed by atoms with E-state index in [1.165, 1.54) is 12.3 Å². The third-order valence-corrected chi connectivity index (χ3v) is 6.94. The summed E-state index contributed by atoms with van der Waals surface area (Å²) in [7, 11) is -2.04. The summed E-state index contributed by atoms with van der Waals surface area (Å²) in [5.41, 5.74) is 2.35. The van der Waals surface area contributed by atoms with Crippen LogP contribution in [0.2, 0.25) is 5.02 Å². The maximum absolute atomic E-state index is 13.2. The summed E-state index contributed by atoms with van der Waals surface area (Å²) in [6, 6.07) is 12.2. The summed E-state index contributed by atoms with van der Waals surface area (Å²) in [4.78, 5) is 7.13. The van der Waals surface area contributed by atoms with Crippen molar-refractivity contribution in [2.45, 2.75) is 9.79 Å². The first-order chi connectivity index (χ1) is 13.5. The molecule has 2 N–H and O–H groups in total. The Morgan fingerprint density at radius 1 is 1.14 bits per heavy atom. The molecular weight excluding hydrogens is 396 g/mol. The molecule has 3 aromatic rings. The molecule has 1 aliphatic heterocycles. The van der Waals surface area contributed by atoms with Crippen LogP contribution in [-0.2, 0) is 9.84 Å². The minimum absolute atomic E-state index is 0.141. The van der Waals surface area contributed by atoms with E-state index in [0.717, 1.165) is 42.8 Å². The van der Waals surface area contributed by atoms with E-state index in [-0.39, 0.29) is 9.79 Å². The van der Waals surface area contributed by atoms with Crippen molar-refractivity contribution in [1.82, 2.24) is 10.3 Å². The number of piperazine rings is 1. The molecule has 4 rings (SSSR count). The van der Waals surface area contributed by atoms with E-state index in [1.54, 1.807) is 25.2 Å². The number of hydrogen-bond acceptors (Lipinski definition) is 6. The first-order valence-electron chi connectivity index (χ1n) is 9.08. The fourth-order valence-corrected chi connectivity index (χ4v) is 5.29. The molecule has 2 heterocycles. The number of hydrogen-bond donors (Lipinski definition) is 2. The van der Waals surface area contributed by atoms with E-state index in [4.69, 9.17) is 11.6 Å². The van der Waals surface area contributed by atoms with Gasteiger partial charge in [0.25, 0.3) is 0 Å². The van der Waals surface area contributed by atoms with Crippen molar-refractivity contribution in [1.29, 1.82) is 0 Å². The lowest BCUT2D eigenvalue weighted by atomic mass is 10.1. The molecular formula is C20H21ClN4O2S. The fraction of sp³-hybridized carbons (Fsp3) is 0.250. The maximum atomic E-state index is 13.2. The van der Waals surface area contributed by atoms with Gasteiger partial charge in [-0.05, 0) is 24.3 Å². The van der Waals surface area contributed by atoms with E-state index in [2.05, 4.69) is 20.5 Å². The molecule has 0 spiro atoms. The average Bonchev–Trinajstić information content (AvgIpc) is 2.73. The number of halogens is 1. The van der Waals surface area contributed by atoms with E-state index in [1.807, 2.05) is 18.2 Å². The smallest absolute Gasteiger partial charge is 0.210 e. The van der Waals surface area contributed by atoms with Crippen molar-refractivity contribution in [2.24, 2.45) is 0 Å². The van der Waals surface area contributed by atoms with Crippen LogP contribution in [0.4, 0.5) is 11.4 Å². The highest BCUT2D eigenvalue weighted by Crippen LogP contribution is 2.36. The number of nitrogens with one attached hydrogen (secondary N) is 2. The number of aromatic nitrogens is 1. The van der Waals surface area contributed by atoms with Gasteiger partial charge < -0.3 is 15.5 Å². The number of sulfone groups is 1. The van der Waals surface area contributed by atoms with Crippen LogP contribution in [0.1, 0.15) is 0 Å². The molecule has 1 aromatic heterocycles. The van der Waals surface area contributed by atoms with Crippen LogP contribution in [0.3, 0.4) is 0 Å². The number of benzene rings is 2. The zero-order chi connectivity index (χ0) is 19.7. The van der Waals surface area contributed by atoms with Crippen LogP contribution >= 0.6 is 11.6 Å². The Balaban J connectivity index is 1.89. The highest BCUT2D eigenvalue weighted by molar-refractivity contribution is 7.91. The second kappa shape index (κ2) is 7.58. The minimum atomic E-state index is -3.77. The van der Waals surface area contributed by atoms with Crippen molar-refractivity contribution in [3.8, 4) is 0 Å². The standard InChI is InChI=1S/C20H21ClN4O2S/c1-22-20-16-6-3-7-17(25-10-8-23-9-11-25)19(16)24-13-18(20)28(26,27)15-5-2-4-14(21)12-15/h2-7,12-13,23H,8-11H2,1H3,(H,22,24). The number of fused-ring (bicyclic) bond motifs is 1. The van der Waals surface area contributed by atoms with Gasteiger partial charge in [-0.15, -0.1) is 0 Å². The van der Waals surface area contributed by atoms with E-state index in [9.17, 15) is 8.42 Å². The predicted molar refractivity (Wildman–Crippen MR) is 113 cm³/mol. The van der Waals surface area contributed by atoms with Gasteiger partial charge in [0.15, 0.2) is 0 Å². The highest BCUT2D eigenvalue weighted by atomic mass is 35.5. The average molecular weight is 417 g/mol. The topological polar surface area (TPSA) is 74.3 Å². The van der Waals surface area contributed by atoms with Crippen molar-refractivity contribution in [2.75, 3.05) is 43.4 Å². The van der Waals surface area contributed by atoms with Gasteiger partial charge in [-0.3, -0.25) is 4.98 Å². The third kappa shape index (κ3) is 3.30. The zero-order valence-corrected chi connectivity index (χ0v) is 17.0. The predicted octanol–water partition coefficient (Wildman–Crippen LogP) is 3.17. The lowest BCUT2D eigenvalue weighted by Gasteiger charge is -2.30. The number of nitrogens with zero attached hydrogens (tertiary/aromatic N) is 2. The molecule has 0 atom stereocenters. The molecule has 2 aromatic carbocycles. The SMILES string of the molecule is CNc1c(S(=O)(=O)c2cccc(Cl)c2)cnc2c(N3CCNCC3)cccc12. The monoisotopic (exact) mass is 416 g/mol.